The van der Waals surface area contributed by atoms with Gasteiger partial charge in [0.05, 0.1) is 15.5 Å². The minimum atomic E-state index is -0.255. The van der Waals surface area contributed by atoms with Crippen molar-refractivity contribution in [2.75, 3.05) is 0 Å². The molecule has 1 amide bonds. The van der Waals surface area contributed by atoms with Gasteiger partial charge in [0.25, 0.3) is 0 Å². The number of fused-ring (bicyclic) bond motifs is 3. The Kier molecular flexibility index (Phi) is 4.42. The van der Waals surface area contributed by atoms with Crippen LogP contribution < -0.4 is 5.32 Å². The fraction of sp³-hybridized carbons (Fsp3) is 0.167. The van der Waals surface area contributed by atoms with Gasteiger partial charge in [0.2, 0.25) is 10.9 Å². The summed E-state index contributed by atoms with van der Waals surface area (Å²) in [7, 11) is 0. The zero-order chi connectivity index (χ0) is 17.2. The van der Waals surface area contributed by atoms with E-state index >= 15 is 0 Å². The number of thioether (sulfide) groups is 1. The minimum Gasteiger partial charge on any atom is -0.351 e. The number of nitrogens with one attached hydrogen (secondary N) is 1. The van der Waals surface area contributed by atoms with E-state index in [1.165, 1.54) is 11.8 Å². The molecule has 0 aliphatic heterocycles. The molecule has 7 heteroatoms. The number of benzene rings is 2. The van der Waals surface area contributed by atoms with E-state index in [4.69, 9.17) is 0 Å². The standard InChI is InChI=1S/C18H16N4OS2/c1-12(16(23)19-11-13-7-3-2-4-8-13)24-17-20-21-18-22(17)14-9-5-6-10-15(14)25-18/h2-10,12H,11H2,1H3,(H,19,23)/t12-/m0/s1. The summed E-state index contributed by atoms with van der Waals surface area (Å²) >= 11 is 3.03. The first-order valence-electron chi connectivity index (χ1n) is 7.93. The quantitative estimate of drug-likeness (QED) is 0.545. The van der Waals surface area contributed by atoms with E-state index in [0.717, 1.165) is 25.9 Å². The van der Waals surface area contributed by atoms with E-state index in [9.17, 15) is 4.79 Å². The molecule has 0 aliphatic rings. The number of aromatic nitrogens is 3. The molecule has 5 nitrogen and oxygen atoms in total. The molecule has 126 valence electrons. The Morgan fingerprint density at radius 3 is 2.76 bits per heavy atom. The molecule has 0 radical (unpaired) electrons. The maximum atomic E-state index is 12.4. The van der Waals surface area contributed by atoms with Crippen LogP contribution in [0.3, 0.4) is 0 Å². The second kappa shape index (κ2) is 6.85. The van der Waals surface area contributed by atoms with Gasteiger partial charge in [-0.05, 0) is 24.6 Å². The molecule has 1 N–H and O–H groups in total. The van der Waals surface area contributed by atoms with Crippen molar-refractivity contribution in [2.24, 2.45) is 0 Å². The van der Waals surface area contributed by atoms with E-state index in [2.05, 4.69) is 21.6 Å². The third-order valence-corrected chi connectivity index (χ3v) is 5.93. The Morgan fingerprint density at radius 1 is 1.16 bits per heavy atom. The predicted molar refractivity (Wildman–Crippen MR) is 102 cm³/mol. The summed E-state index contributed by atoms with van der Waals surface area (Å²) in [6.07, 6.45) is 0. The highest BCUT2D eigenvalue weighted by molar-refractivity contribution is 8.00. The number of amides is 1. The van der Waals surface area contributed by atoms with Gasteiger partial charge >= 0.3 is 0 Å². The lowest BCUT2D eigenvalue weighted by atomic mass is 10.2. The third-order valence-electron chi connectivity index (χ3n) is 3.87. The van der Waals surface area contributed by atoms with E-state index in [-0.39, 0.29) is 11.2 Å². The third kappa shape index (κ3) is 3.25. The summed E-state index contributed by atoms with van der Waals surface area (Å²) in [5.41, 5.74) is 2.16. The normalized spacial score (nSPS) is 12.5. The average Bonchev–Trinajstić information content (AvgIpc) is 3.20. The van der Waals surface area contributed by atoms with Crippen molar-refractivity contribution in [1.82, 2.24) is 19.9 Å². The topological polar surface area (TPSA) is 59.3 Å². The molecule has 0 fully saturated rings. The van der Waals surface area contributed by atoms with Gasteiger partial charge in [0, 0.05) is 6.54 Å². The van der Waals surface area contributed by atoms with Crippen LogP contribution in [0.4, 0.5) is 0 Å². The SMILES string of the molecule is C[C@H](Sc1nnc2sc3ccccc3n12)C(=O)NCc1ccccc1. The number of carbonyl (C=O) groups excluding carboxylic acids is 1. The zero-order valence-electron chi connectivity index (χ0n) is 13.5. The van der Waals surface area contributed by atoms with Gasteiger partial charge < -0.3 is 5.32 Å². The molecular formula is C18H16N4OS2. The lowest BCUT2D eigenvalue weighted by molar-refractivity contribution is -0.120. The highest BCUT2D eigenvalue weighted by Crippen LogP contribution is 2.31. The van der Waals surface area contributed by atoms with E-state index in [1.54, 1.807) is 11.3 Å². The maximum Gasteiger partial charge on any atom is 0.233 e. The maximum absolute atomic E-state index is 12.4. The predicted octanol–water partition coefficient (Wildman–Crippen LogP) is 3.74. The summed E-state index contributed by atoms with van der Waals surface area (Å²) < 4.78 is 3.18. The Balaban J connectivity index is 1.49. The fourth-order valence-corrected chi connectivity index (χ4v) is 4.48. The van der Waals surface area contributed by atoms with Crippen LogP contribution in [0, 0.1) is 0 Å². The molecule has 4 rings (SSSR count). The molecule has 2 heterocycles. The van der Waals surface area contributed by atoms with Crippen LogP contribution in [-0.2, 0) is 11.3 Å². The van der Waals surface area contributed by atoms with Gasteiger partial charge in [-0.15, -0.1) is 10.2 Å². The van der Waals surface area contributed by atoms with Crippen molar-refractivity contribution in [3.05, 3.63) is 60.2 Å². The monoisotopic (exact) mass is 368 g/mol. The van der Waals surface area contributed by atoms with Gasteiger partial charge in [-0.25, -0.2) is 0 Å². The van der Waals surface area contributed by atoms with Crippen LogP contribution in [0.5, 0.6) is 0 Å². The molecule has 0 bridgehead atoms. The molecular weight excluding hydrogens is 352 g/mol. The molecule has 2 aromatic carbocycles. The molecule has 0 unspecified atom stereocenters. The second-order valence-electron chi connectivity index (χ2n) is 5.63. The van der Waals surface area contributed by atoms with Crippen LogP contribution >= 0.6 is 23.1 Å². The largest absolute Gasteiger partial charge is 0.351 e. The Labute approximate surface area is 153 Å². The summed E-state index contributed by atoms with van der Waals surface area (Å²) in [5.74, 6) is -0.00913. The van der Waals surface area contributed by atoms with Gasteiger partial charge in [0.1, 0.15) is 0 Å². The molecule has 0 aliphatic carbocycles. The summed E-state index contributed by atoms with van der Waals surface area (Å²) in [6.45, 7) is 2.42. The fourth-order valence-electron chi connectivity index (χ4n) is 2.57. The smallest absolute Gasteiger partial charge is 0.233 e. The zero-order valence-corrected chi connectivity index (χ0v) is 15.2. The number of thiazole rings is 1. The first kappa shape index (κ1) is 16.1. The lowest BCUT2D eigenvalue weighted by Crippen LogP contribution is -2.30. The molecule has 4 aromatic rings. The van der Waals surface area contributed by atoms with Crippen molar-refractivity contribution in [3.63, 3.8) is 0 Å². The van der Waals surface area contributed by atoms with Crippen molar-refractivity contribution < 1.29 is 4.79 Å². The summed E-state index contributed by atoms with van der Waals surface area (Å²) in [4.78, 5) is 13.2. The van der Waals surface area contributed by atoms with Gasteiger partial charge in [-0.1, -0.05) is 65.6 Å². The summed E-state index contributed by atoms with van der Waals surface area (Å²) in [5, 5.41) is 12.0. The molecule has 0 spiro atoms. The highest BCUT2D eigenvalue weighted by atomic mass is 32.2. The van der Waals surface area contributed by atoms with E-state index < -0.39 is 0 Å². The van der Waals surface area contributed by atoms with Crippen LogP contribution in [0.2, 0.25) is 0 Å². The minimum absolute atomic E-state index is 0.00913. The molecule has 0 saturated heterocycles. The second-order valence-corrected chi connectivity index (χ2v) is 7.95. The van der Waals surface area contributed by atoms with Crippen LogP contribution in [0.25, 0.3) is 15.2 Å². The van der Waals surface area contributed by atoms with E-state index in [1.807, 2.05) is 59.9 Å². The van der Waals surface area contributed by atoms with Crippen LogP contribution in [-0.4, -0.2) is 25.8 Å². The van der Waals surface area contributed by atoms with Crippen LogP contribution in [0.15, 0.2) is 59.8 Å². The first-order chi connectivity index (χ1) is 12.2. The van der Waals surface area contributed by atoms with Crippen molar-refractivity contribution in [3.8, 4) is 0 Å². The number of nitrogens with zero attached hydrogens (tertiary/aromatic N) is 3. The molecule has 2 aromatic heterocycles. The number of para-hydroxylation sites is 1. The number of hydrogen-bond donors (Lipinski definition) is 1. The Bertz CT molecular complexity index is 1030. The first-order valence-corrected chi connectivity index (χ1v) is 9.63. The number of hydrogen-bond acceptors (Lipinski definition) is 5. The molecule has 25 heavy (non-hydrogen) atoms. The Morgan fingerprint density at radius 2 is 1.92 bits per heavy atom. The number of carbonyl (C=O) groups is 1. The average molecular weight is 368 g/mol. The highest BCUT2D eigenvalue weighted by Gasteiger charge is 2.19. The van der Waals surface area contributed by atoms with Crippen LogP contribution in [0.1, 0.15) is 12.5 Å². The van der Waals surface area contributed by atoms with Gasteiger partial charge in [0.15, 0.2) is 5.16 Å². The molecule has 0 saturated carbocycles. The van der Waals surface area contributed by atoms with E-state index in [0.29, 0.717) is 6.54 Å². The van der Waals surface area contributed by atoms with Crippen molar-refractivity contribution in [1.29, 1.82) is 0 Å². The van der Waals surface area contributed by atoms with Gasteiger partial charge in [-0.3, -0.25) is 9.20 Å². The number of rotatable bonds is 5. The Hall–Kier alpha value is -2.38. The molecule has 1 atom stereocenters. The summed E-state index contributed by atoms with van der Waals surface area (Å²) in [6, 6.07) is 18.0. The van der Waals surface area contributed by atoms with Crippen molar-refractivity contribution in [2.45, 2.75) is 23.9 Å². The lowest BCUT2D eigenvalue weighted by Gasteiger charge is -2.11. The van der Waals surface area contributed by atoms with Crippen molar-refractivity contribution >= 4 is 44.2 Å². The van der Waals surface area contributed by atoms with Gasteiger partial charge in [-0.2, -0.15) is 0 Å².